The third kappa shape index (κ3) is 3.27. The molecular weight excluding hydrogens is 340 g/mol. The van der Waals surface area contributed by atoms with E-state index < -0.39 is 11.8 Å². The summed E-state index contributed by atoms with van der Waals surface area (Å²) in [6.07, 6.45) is 2.39. The lowest BCUT2D eigenvalue weighted by Gasteiger charge is -2.14. The minimum absolute atomic E-state index is 0.0449. The van der Waals surface area contributed by atoms with Gasteiger partial charge in [0, 0.05) is 5.56 Å². The summed E-state index contributed by atoms with van der Waals surface area (Å²) in [6.45, 7) is 2.06. The van der Waals surface area contributed by atoms with Crippen molar-refractivity contribution in [2.24, 2.45) is 0 Å². The molecule has 0 saturated carbocycles. The van der Waals surface area contributed by atoms with E-state index in [9.17, 15) is 9.59 Å². The zero-order valence-corrected chi connectivity index (χ0v) is 14.8. The van der Waals surface area contributed by atoms with Crippen molar-refractivity contribution in [1.29, 1.82) is 0 Å². The third-order valence-electron chi connectivity index (χ3n) is 4.47. The van der Waals surface area contributed by atoms with Crippen LogP contribution in [0, 0.1) is 0 Å². The average molecular weight is 358 g/mol. The van der Waals surface area contributed by atoms with Crippen LogP contribution in [-0.4, -0.2) is 11.8 Å². The average Bonchev–Trinajstić information content (AvgIpc) is 3.29. The van der Waals surface area contributed by atoms with Crippen molar-refractivity contribution in [3.8, 4) is 11.3 Å². The lowest BCUT2D eigenvalue weighted by Crippen LogP contribution is -2.35. The Kier molecular flexibility index (Phi) is 4.34. The Morgan fingerprint density at radius 1 is 0.963 bits per heavy atom. The van der Waals surface area contributed by atoms with Crippen molar-refractivity contribution in [3.63, 3.8) is 0 Å². The highest BCUT2D eigenvalue weighted by Crippen LogP contribution is 2.25. The maximum atomic E-state index is 12.7. The van der Waals surface area contributed by atoms with Gasteiger partial charge in [0.05, 0.1) is 5.69 Å². The van der Waals surface area contributed by atoms with Gasteiger partial charge in [0.25, 0.3) is 11.8 Å². The predicted molar refractivity (Wildman–Crippen MR) is 104 cm³/mol. The second-order valence-electron chi connectivity index (χ2n) is 6.23. The Balaban J connectivity index is 1.59. The molecule has 27 heavy (non-hydrogen) atoms. The summed E-state index contributed by atoms with van der Waals surface area (Å²) < 4.78 is 5.77. The van der Waals surface area contributed by atoms with Crippen LogP contribution < -0.4 is 10.4 Å². The monoisotopic (exact) mass is 358 g/mol. The second kappa shape index (κ2) is 6.96. The molecule has 1 aliphatic rings. The van der Waals surface area contributed by atoms with Crippen LogP contribution in [0.3, 0.4) is 0 Å². The van der Waals surface area contributed by atoms with Crippen molar-refractivity contribution >= 4 is 23.6 Å². The number of carbonyl (C=O) groups excluding carboxylic acids is 2. The van der Waals surface area contributed by atoms with Gasteiger partial charge in [0.1, 0.15) is 17.1 Å². The molecule has 1 aliphatic heterocycles. The number of hydrazine groups is 1. The van der Waals surface area contributed by atoms with Crippen LogP contribution >= 0.6 is 0 Å². The Labute approximate surface area is 156 Å². The molecule has 5 heteroatoms. The van der Waals surface area contributed by atoms with E-state index in [2.05, 4.69) is 12.3 Å². The number of carbonyl (C=O) groups is 2. The van der Waals surface area contributed by atoms with E-state index in [-0.39, 0.29) is 5.57 Å². The number of hydrogen-bond donors (Lipinski definition) is 1. The predicted octanol–water partition coefficient (Wildman–Crippen LogP) is 3.97. The molecule has 0 aliphatic carbocycles. The Morgan fingerprint density at radius 3 is 2.41 bits per heavy atom. The fourth-order valence-electron chi connectivity index (χ4n) is 2.95. The summed E-state index contributed by atoms with van der Waals surface area (Å²) in [6, 6.07) is 20.7. The van der Waals surface area contributed by atoms with Crippen molar-refractivity contribution in [2.75, 3.05) is 5.01 Å². The van der Waals surface area contributed by atoms with Gasteiger partial charge in [0.15, 0.2) is 0 Å². The first kappa shape index (κ1) is 16.8. The van der Waals surface area contributed by atoms with Crippen LogP contribution in [0.15, 0.2) is 76.7 Å². The number of hydrogen-bond acceptors (Lipinski definition) is 3. The maximum absolute atomic E-state index is 12.7. The van der Waals surface area contributed by atoms with E-state index in [1.54, 1.807) is 6.07 Å². The highest BCUT2D eigenvalue weighted by molar-refractivity contribution is 6.31. The molecule has 0 bridgehead atoms. The summed E-state index contributed by atoms with van der Waals surface area (Å²) in [5.74, 6) is 0.287. The molecule has 1 N–H and O–H groups in total. The highest BCUT2D eigenvalue weighted by Gasteiger charge is 2.34. The lowest BCUT2D eigenvalue weighted by molar-refractivity contribution is -0.117. The van der Waals surface area contributed by atoms with Crippen molar-refractivity contribution < 1.29 is 14.0 Å². The van der Waals surface area contributed by atoms with Crippen molar-refractivity contribution in [1.82, 2.24) is 5.43 Å². The first-order valence-corrected chi connectivity index (χ1v) is 8.77. The molecule has 0 unspecified atom stereocenters. The topological polar surface area (TPSA) is 62.6 Å². The molecular formula is C22H18N2O3. The number of anilines is 1. The van der Waals surface area contributed by atoms with Gasteiger partial charge in [-0.05, 0) is 42.3 Å². The Morgan fingerprint density at radius 2 is 1.70 bits per heavy atom. The number of nitrogens with zero attached hydrogens (tertiary/aromatic N) is 1. The first-order chi connectivity index (χ1) is 13.2. The van der Waals surface area contributed by atoms with Gasteiger partial charge in [-0.2, -0.15) is 0 Å². The van der Waals surface area contributed by atoms with E-state index in [1.807, 2.05) is 60.7 Å². The fraction of sp³-hybridized carbons (Fsp3) is 0.0909. The minimum atomic E-state index is -0.447. The fourth-order valence-corrected chi connectivity index (χ4v) is 2.95. The van der Waals surface area contributed by atoms with Crippen LogP contribution in [0.1, 0.15) is 18.2 Å². The second-order valence-corrected chi connectivity index (χ2v) is 6.23. The Hall–Kier alpha value is -3.60. The SMILES string of the molecule is CCc1ccc(N2NC(=O)C(=Cc3ccc(-c4ccccc4)o3)C2=O)cc1. The van der Waals surface area contributed by atoms with Crippen LogP contribution in [0.2, 0.25) is 0 Å². The molecule has 2 amide bonds. The van der Waals surface area contributed by atoms with Crippen LogP contribution in [0.5, 0.6) is 0 Å². The summed E-state index contributed by atoms with van der Waals surface area (Å²) in [4.78, 5) is 25.0. The molecule has 5 nitrogen and oxygen atoms in total. The van der Waals surface area contributed by atoms with Gasteiger partial charge in [0.2, 0.25) is 0 Å². The molecule has 0 spiro atoms. The van der Waals surface area contributed by atoms with Crippen LogP contribution in [0.4, 0.5) is 5.69 Å². The number of furan rings is 1. The lowest BCUT2D eigenvalue weighted by atomic mass is 10.1. The van der Waals surface area contributed by atoms with Gasteiger partial charge in [-0.3, -0.25) is 15.0 Å². The summed E-state index contributed by atoms with van der Waals surface area (Å²) >= 11 is 0. The van der Waals surface area contributed by atoms with Crippen molar-refractivity contribution in [2.45, 2.75) is 13.3 Å². The quantitative estimate of drug-likeness (QED) is 0.567. The van der Waals surface area contributed by atoms with E-state index in [4.69, 9.17) is 4.42 Å². The first-order valence-electron chi connectivity index (χ1n) is 8.77. The molecule has 1 aromatic heterocycles. The standard InChI is InChI=1S/C22H18N2O3/c1-2-15-8-10-17(11-9-15)24-22(26)19(21(25)23-24)14-18-12-13-20(27-18)16-6-4-3-5-7-16/h3-14H,2H2,1H3,(H,23,25). The van der Waals surface area contributed by atoms with Gasteiger partial charge < -0.3 is 4.42 Å². The number of benzene rings is 2. The number of aryl methyl sites for hydroxylation is 1. The minimum Gasteiger partial charge on any atom is -0.457 e. The molecule has 1 saturated heterocycles. The number of amides is 2. The van der Waals surface area contributed by atoms with E-state index in [0.29, 0.717) is 17.2 Å². The molecule has 0 atom stereocenters. The van der Waals surface area contributed by atoms with E-state index in [0.717, 1.165) is 17.5 Å². The summed E-state index contributed by atoms with van der Waals surface area (Å²) in [5, 5.41) is 1.26. The summed E-state index contributed by atoms with van der Waals surface area (Å²) in [5.41, 5.74) is 5.37. The summed E-state index contributed by atoms with van der Waals surface area (Å²) in [7, 11) is 0. The van der Waals surface area contributed by atoms with Crippen LogP contribution in [0.25, 0.3) is 17.4 Å². The highest BCUT2D eigenvalue weighted by atomic mass is 16.3. The molecule has 2 heterocycles. The van der Waals surface area contributed by atoms with Gasteiger partial charge >= 0.3 is 0 Å². The zero-order valence-electron chi connectivity index (χ0n) is 14.8. The maximum Gasteiger partial charge on any atom is 0.282 e. The number of rotatable bonds is 4. The largest absolute Gasteiger partial charge is 0.457 e. The van der Waals surface area contributed by atoms with Gasteiger partial charge in [-0.1, -0.05) is 49.4 Å². The third-order valence-corrected chi connectivity index (χ3v) is 4.47. The molecule has 1 fully saturated rings. The van der Waals surface area contributed by atoms with E-state index in [1.165, 1.54) is 11.1 Å². The van der Waals surface area contributed by atoms with Crippen LogP contribution in [-0.2, 0) is 16.0 Å². The molecule has 3 aromatic rings. The number of nitrogens with one attached hydrogen (secondary N) is 1. The molecule has 4 rings (SSSR count). The van der Waals surface area contributed by atoms with Gasteiger partial charge in [-0.15, -0.1) is 0 Å². The molecule has 134 valence electrons. The van der Waals surface area contributed by atoms with E-state index >= 15 is 0 Å². The normalized spacial score (nSPS) is 15.4. The Bertz CT molecular complexity index is 1020. The van der Waals surface area contributed by atoms with Crippen molar-refractivity contribution in [3.05, 3.63) is 83.6 Å². The van der Waals surface area contributed by atoms with Gasteiger partial charge in [-0.25, -0.2) is 5.01 Å². The zero-order chi connectivity index (χ0) is 18.8. The smallest absolute Gasteiger partial charge is 0.282 e. The molecule has 0 radical (unpaired) electrons. The molecule has 2 aromatic carbocycles.